The van der Waals surface area contributed by atoms with Crippen LogP contribution >= 0.6 is 51.8 Å². The summed E-state index contributed by atoms with van der Waals surface area (Å²) in [7, 11) is 1.38. The molecule has 3 aromatic rings. The van der Waals surface area contributed by atoms with Crippen LogP contribution in [0.2, 0.25) is 10.0 Å². The van der Waals surface area contributed by atoms with Gasteiger partial charge in [0.1, 0.15) is 35.0 Å². The van der Waals surface area contributed by atoms with Crippen LogP contribution in [0.3, 0.4) is 0 Å². The normalized spacial score (nSPS) is 11.2. The first-order chi connectivity index (χ1) is 16.6. The molecule has 0 aromatic carbocycles. The summed E-state index contributed by atoms with van der Waals surface area (Å²) in [5.41, 5.74) is 0.593. The number of rotatable bonds is 7. The van der Waals surface area contributed by atoms with E-state index < -0.39 is 17.3 Å². The highest BCUT2D eigenvalue weighted by Gasteiger charge is 2.20. The summed E-state index contributed by atoms with van der Waals surface area (Å²) in [6.45, 7) is 1.69. The third-order valence-corrected chi connectivity index (χ3v) is 5.84. The molecule has 3 aromatic heterocycles. The zero-order valence-electron chi connectivity index (χ0n) is 18.0. The Kier molecular flexibility index (Phi) is 8.74. The maximum absolute atomic E-state index is 12.6. The molecule has 0 aliphatic carbocycles. The van der Waals surface area contributed by atoms with Gasteiger partial charge in [0.15, 0.2) is 11.6 Å². The lowest BCUT2D eigenvalue weighted by atomic mass is 10.1. The lowest BCUT2D eigenvalue weighted by Gasteiger charge is -2.18. The minimum absolute atomic E-state index is 0.0148. The summed E-state index contributed by atoms with van der Waals surface area (Å²) in [5, 5.41) is 14.4. The van der Waals surface area contributed by atoms with Gasteiger partial charge in [0.05, 0.1) is 27.8 Å². The van der Waals surface area contributed by atoms with Gasteiger partial charge in [-0.25, -0.2) is 14.8 Å². The van der Waals surface area contributed by atoms with E-state index in [1.165, 1.54) is 37.8 Å². The van der Waals surface area contributed by atoms with E-state index in [9.17, 15) is 14.9 Å². The standard InChI is InChI=1S/C21H15BrCl2N6O4S/c1-9(17-12(23)7-26-8-13(17)24)34-14-4-16(27-6-10(14)5-25)28-21(32)30-19-15(33-2)3-11(22)18(29-19)20(31)35/h3-4,6-9H,1-2H3,(H,31,35)(H2,27,28,29,30,32)/t9-/m1/s1. The Hall–Kier alpha value is -3.11. The molecule has 0 saturated heterocycles. The molecule has 14 heteroatoms. The molecular weight excluding hydrogens is 583 g/mol. The van der Waals surface area contributed by atoms with Crippen molar-refractivity contribution < 1.29 is 19.1 Å². The second-order valence-corrected chi connectivity index (χ2v) is 8.78. The van der Waals surface area contributed by atoms with Crippen molar-refractivity contribution in [2.24, 2.45) is 0 Å². The number of methoxy groups -OCH3 is 1. The number of anilines is 2. The summed E-state index contributed by atoms with van der Waals surface area (Å²) in [6.07, 6.45) is 3.44. The summed E-state index contributed by atoms with van der Waals surface area (Å²) in [4.78, 5) is 36.3. The van der Waals surface area contributed by atoms with E-state index in [1.807, 2.05) is 6.07 Å². The number of aromatic nitrogens is 3. The van der Waals surface area contributed by atoms with E-state index in [2.05, 4.69) is 54.1 Å². The zero-order valence-corrected chi connectivity index (χ0v) is 22.0. The second kappa shape index (κ2) is 11.5. The van der Waals surface area contributed by atoms with Crippen molar-refractivity contribution in [2.45, 2.75) is 13.0 Å². The maximum atomic E-state index is 12.6. The lowest BCUT2D eigenvalue weighted by molar-refractivity contribution is 0.108. The number of hydrogen-bond acceptors (Lipinski definition) is 8. The number of nitriles is 1. The molecule has 0 saturated carbocycles. The first-order valence-electron chi connectivity index (χ1n) is 9.56. The Morgan fingerprint density at radius 3 is 2.46 bits per heavy atom. The lowest BCUT2D eigenvalue weighted by Crippen LogP contribution is -2.22. The van der Waals surface area contributed by atoms with Crippen LogP contribution in [-0.2, 0) is 0 Å². The molecule has 10 nitrogen and oxygen atoms in total. The van der Waals surface area contributed by atoms with E-state index in [4.69, 9.17) is 32.7 Å². The van der Waals surface area contributed by atoms with Crippen LogP contribution in [0, 0.1) is 11.3 Å². The molecule has 0 aliphatic rings. The van der Waals surface area contributed by atoms with Crippen LogP contribution in [-0.4, -0.2) is 33.2 Å². The fraction of sp³-hybridized carbons (Fsp3) is 0.143. The van der Waals surface area contributed by atoms with Crippen LogP contribution in [0.5, 0.6) is 11.5 Å². The fourth-order valence-electron chi connectivity index (χ4n) is 2.87. The van der Waals surface area contributed by atoms with Crippen molar-refractivity contribution in [3.05, 3.63) is 62.1 Å². The molecule has 0 unspecified atom stereocenters. The van der Waals surface area contributed by atoms with E-state index in [-0.39, 0.29) is 34.4 Å². The first kappa shape index (κ1) is 26.5. The SMILES string of the molecule is COc1cc(Br)c(C(=O)S)nc1NC(=O)Nc1cc(O[C@H](C)c2c(Cl)cncc2Cl)c(C#N)cn1. The van der Waals surface area contributed by atoms with Gasteiger partial charge in [-0.1, -0.05) is 35.8 Å². The quantitative estimate of drug-likeness (QED) is 0.296. The first-order valence-corrected chi connectivity index (χ1v) is 11.6. The van der Waals surface area contributed by atoms with Gasteiger partial charge < -0.3 is 9.47 Å². The molecule has 0 spiro atoms. The number of halogens is 3. The van der Waals surface area contributed by atoms with Gasteiger partial charge in [-0.15, -0.1) is 0 Å². The number of hydrogen-bond donors (Lipinski definition) is 3. The largest absolute Gasteiger partial charge is 0.493 e. The minimum atomic E-state index is -0.743. The summed E-state index contributed by atoms with van der Waals surface area (Å²) >= 11 is 19.3. The third-order valence-electron chi connectivity index (χ3n) is 4.42. The average Bonchev–Trinajstić information content (AvgIpc) is 2.79. The number of amides is 2. The Morgan fingerprint density at radius 2 is 1.86 bits per heavy atom. The number of thiol groups is 1. The Morgan fingerprint density at radius 1 is 1.17 bits per heavy atom. The molecule has 0 bridgehead atoms. The molecule has 180 valence electrons. The molecule has 3 heterocycles. The highest BCUT2D eigenvalue weighted by atomic mass is 79.9. The highest BCUT2D eigenvalue weighted by molar-refractivity contribution is 9.10. The number of carbonyl (C=O) groups excluding carboxylic acids is 2. The second-order valence-electron chi connectivity index (χ2n) is 6.71. The smallest absolute Gasteiger partial charge is 0.326 e. The minimum Gasteiger partial charge on any atom is -0.493 e. The average molecular weight is 598 g/mol. The van der Waals surface area contributed by atoms with E-state index in [1.54, 1.807) is 6.92 Å². The van der Waals surface area contributed by atoms with Gasteiger partial charge >= 0.3 is 6.03 Å². The Bertz CT molecular complexity index is 1330. The van der Waals surface area contributed by atoms with Gasteiger partial charge in [-0.05, 0) is 22.9 Å². The van der Waals surface area contributed by atoms with Crippen molar-refractivity contribution >= 4 is 74.5 Å². The molecule has 2 amide bonds. The van der Waals surface area contributed by atoms with Gasteiger partial charge in [-0.3, -0.25) is 20.4 Å². The molecule has 0 aliphatic heterocycles. The number of carbonyl (C=O) groups is 2. The zero-order chi connectivity index (χ0) is 25.7. The summed E-state index contributed by atoms with van der Waals surface area (Å²) < 4.78 is 11.4. The van der Waals surface area contributed by atoms with Crippen molar-refractivity contribution in [2.75, 3.05) is 17.7 Å². The van der Waals surface area contributed by atoms with Crippen LogP contribution < -0.4 is 20.1 Å². The van der Waals surface area contributed by atoms with Crippen molar-refractivity contribution in [1.82, 2.24) is 15.0 Å². The topological polar surface area (TPSA) is 139 Å². The van der Waals surface area contributed by atoms with Crippen molar-refractivity contribution in [3.63, 3.8) is 0 Å². The van der Waals surface area contributed by atoms with Crippen LogP contribution in [0.1, 0.15) is 34.6 Å². The van der Waals surface area contributed by atoms with E-state index in [0.29, 0.717) is 20.1 Å². The summed E-state index contributed by atoms with van der Waals surface area (Å²) in [6, 6.07) is 4.07. The highest BCUT2D eigenvalue weighted by Crippen LogP contribution is 2.34. The number of nitrogens with one attached hydrogen (secondary N) is 2. The van der Waals surface area contributed by atoms with Crippen LogP contribution in [0.15, 0.2) is 35.2 Å². The van der Waals surface area contributed by atoms with Gasteiger partial charge in [0.2, 0.25) is 5.12 Å². The van der Waals surface area contributed by atoms with Crippen molar-refractivity contribution in [3.8, 4) is 17.6 Å². The molecule has 1 atom stereocenters. The number of urea groups is 1. The number of ether oxygens (including phenoxy) is 2. The van der Waals surface area contributed by atoms with Gasteiger partial charge in [0, 0.05) is 30.1 Å². The predicted molar refractivity (Wildman–Crippen MR) is 137 cm³/mol. The maximum Gasteiger partial charge on any atom is 0.326 e. The number of nitrogens with zero attached hydrogens (tertiary/aromatic N) is 4. The van der Waals surface area contributed by atoms with Gasteiger partial charge in [-0.2, -0.15) is 5.26 Å². The van der Waals surface area contributed by atoms with Crippen molar-refractivity contribution in [1.29, 1.82) is 5.26 Å². The summed E-state index contributed by atoms with van der Waals surface area (Å²) in [5.74, 6) is 0.377. The predicted octanol–water partition coefficient (Wildman–Crippen LogP) is 5.68. The van der Waals surface area contributed by atoms with Crippen LogP contribution in [0.4, 0.5) is 16.4 Å². The van der Waals surface area contributed by atoms with Crippen LogP contribution in [0.25, 0.3) is 0 Å². The molecular formula is C21H15BrCl2N6O4S. The molecule has 0 radical (unpaired) electrons. The number of pyridine rings is 3. The molecule has 2 N–H and O–H groups in total. The molecule has 3 rings (SSSR count). The van der Waals surface area contributed by atoms with E-state index in [0.717, 1.165) is 0 Å². The van der Waals surface area contributed by atoms with Gasteiger partial charge in [0.25, 0.3) is 0 Å². The van der Waals surface area contributed by atoms with E-state index >= 15 is 0 Å². The fourth-order valence-corrected chi connectivity index (χ4v) is 4.34. The monoisotopic (exact) mass is 596 g/mol. The third kappa shape index (κ3) is 6.32. The molecule has 35 heavy (non-hydrogen) atoms. The Balaban J connectivity index is 1.83. The molecule has 0 fully saturated rings. The Labute approximate surface area is 223 Å².